The molecule has 0 aliphatic carbocycles. The fourth-order valence-electron chi connectivity index (χ4n) is 2.45. The minimum Gasteiger partial charge on any atom is -0.372 e. The van der Waals surface area contributed by atoms with Crippen molar-refractivity contribution in [3.63, 3.8) is 0 Å². The van der Waals surface area contributed by atoms with Crippen molar-refractivity contribution in [2.75, 3.05) is 26.7 Å². The van der Waals surface area contributed by atoms with E-state index in [-0.39, 0.29) is 36.8 Å². The van der Waals surface area contributed by atoms with E-state index in [9.17, 15) is 4.79 Å². The smallest absolute Gasteiger partial charge is 0.265 e. The second-order valence-corrected chi connectivity index (χ2v) is 6.10. The first-order valence-corrected chi connectivity index (χ1v) is 8.01. The highest BCUT2D eigenvalue weighted by atomic mass is 35.5. The number of piperidine rings is 1. The molecule has 0 radical (unpaired) electrons. The third-order valence-corrected chi connectivity index (χ3v) is 4.76. The molecular formula is C14H25Cl2N3O2S. The number of carbonyl (C=O) groups excluding carboxylic acids is 1. The van der Waals surface area contributed by atoms with Crippen LogP contribution >= 0.6 is 36.2 Å². The third kappa shape index (κ3) is 5.35. The van der Waals surface area contributed by atoms with Gasteiger partial charge in [-0.2, -0.15) is 0 Å². The van der Waals surface area contributed by atoms with Gasteiger partial charge in [0.1, 0.15) is 16.0 Å². The number of thiazole rings is 1. The van der Waals surface area contributed by atoms with Gasteiger partial charge in [-0.1, -0.05) is 0 Å². The summed E-state index contributed by atoms with van der Waals surface area (Å²) >= 11 is 1.44. The van der Waals surface area contributed by atoms with E-state index >= 15 is 0 Å². The molecule has 0 aromatic carbocycles. The number of likely N-dealkylation sites (N-methyl/N-ethyl adjacent to an activating group) is 1. The van der Waals surface area contributed by atoms with Gasteiger partial charge in [-0.05, 0) is 33.7 Å². The number of hydrogen-bond acceptors (Lipinski definition) is 5. The first-order chi connectivity index (χ1) is 9.65. The molecule has 22 heavy (non-hydrogen) atoms. The Kier molecular flexibility index (Phi) is 10.2. The minimum absolute atomic E-state index is 0. The average molecular weight is 370 g/mol. The molecule has 5 nitrogen and oxygen atoms in total. The highest BCUT2D eigenvalue weighted by molar-refractivity contribution is 7.13. The topological polar surface area (TPSA) is 54.5 Å². The van der Waals surface area contributed by atoms with Crippen molar-refractivity contribution in [3.8, 4) is 0 Å². The summed E-state index contributed by atoms with van der Waals surface area (Å²) < 4.78 is 5.51. The van der Waals surface area contributed by atoms with Crippen molar-refractivity contribution in [2.24, 2.45) is 0 Å². The number of nitrogens with zero attached hydrogens (tertiary/aromatic N) is 2. The van der Waals surface area contributed by atoms with Gasteiger partial charge in [-0.3, -0.25) is 4.79 Å². The first-order valence-electron chi connectivity index (χ1n) is 7.19. The molecule has 1 aliphatic heterocycles. The second kappa shape index (κ2) is 10.4. The summed E-state index contributed by atoms with van der Waals surface area (Å²) in [5.74, 6) is 0.0948. The standard InChI is InChI=1S/C14H23N3O2S.2ClH/c1-4-19-10(2)13-16-8-12(20-13)14(18)17-7-5-6-11(9-17)15-3;;/h8,10-11,15H,4-7,9H2,1-3H3;2*1H. The van der Waals surface area contributed by atoms with Gasteiger partial charge in [-0.15, -0.1) is 36.2 Å². The van der Waals surface area contributed by atoms with E-state index in [1.165, 1.54) is 11.3 Å². The largest absolute Gasteiger partial charge is 0.372 e. The van der Waals surface area contributed by atoms with Crippen LogP contribution in [0.3, 0.4) is 0 Å². The van der Waals surface area contributed by atoms with Crippen molar-refractivity contribution in [2.45, 2.75) is 38.8 Å². The maximum absolute atomic E-state index is 12.5. The monoisotopic (exact) mass is 369 g/mol. The summed E-state index contributed by atoms with van der Waals surface area (Å²) in [7, 11) is 1.95. The lowest BCUT2D eigenvalue weighted by molar-refractivity contribution is 0.0703. The molecule has 1 amide bonds. The molecule has 2 unspecified atom stereocenters. The van der Waals surface area contributed by atoms with Crippen LogP contribution in [0.25, 0.3) is 0 Å². The summed E-state index contributed by atoms with van der Waals surface area (Å²) in [5, 5.41) is 4.13. The molecule has 1 aliphatic rings. The summed E-state index contributed by atoms with van der Waals surface area (Å²) in [6.07, 6.45) is 3.83. The van der Waals surface area contributed by atoms with E-state index in [1.807, 2.05) is 25.8 Å². The Labute approximate surface area is 148 Å². The molecule has 2 rings (SSSR count). The normalized spacial score (nSPS) is 19.0. The number of nitrogens with one attached hydrogen (secondary N) is 1. The molecule has 1 saturated heterocycles. The van der Waals surface area contributed by atoms with Crippen molar-refractivity contribution < 1.29 is 9.53 Å². The molecule has 1 aromatic rings. The Morgan fingerprint density at radius 2 is 2.32 bits per heavy atom. The Hall–Kier alpha value is -0.400. The molecule has 2 heterocycles. The predicted molar refractivity (Wildman–Crippen MR) is 94.6 cm³/mol. The Morgan fingerprint density at radius 1 is 1.59 bits per heavy atom. The van der Waals surface area contributed by atoms with E-state index in [1.54, 1.807) is 6.20 Å². The fourth-order valence-corrected chi connectivity index (χ4v) is 3.34. The van der Waals surface area contributed by atoms with Crippen LogP contribution in [0.15, 0.2) is 6.20 Å². The maximum atomic E-state index is 12.5. The van der Waals surface area contributed by atoms with E-state index in [2.05, 4.69) is 10.3 Å². The molecule has 1 fully saturated rings. The SMILES string of the molecule is CCOC(C)c1ncc(C(=O)N2CCCC(NC)C2)s1.Cl.Cl. The van der Waals surface area contributed by atoms with Crippen LogP contribution in [0, 0.1) is 0 Å². The van der Waals surface area contributed by atoms with Gasteiger partial charge in [-0.25, -0.2) is 4.98 Å². The zero-order chi connectivity index (χ0) is 14.5. The summed E-state index contributed by atoms with van der Waals surface area (Å²) in [5.41, 5.74) is 0. The number of carbonyl (C=O) groups is 1. The minimum atomic E-state index is -0.0436. The van der Waals surface area contributed by atoms with Gasteiger partial charge in [0.05, 0.1) is 6.20 Å². The lowest BCUT2D eigenvalue weighted by Crippen LogP contribution is -2.46. The van der Waals surface area contributed by atoms with Crippen molar-refractivity contribution in [1.82, 2.24) is 15.2 Å². The number of halogens is 2. The van der Waals surface area contributed by atoms with E-state index in [0.717, 1.165) is 30.9 Å². The highest BCUT2D eigenvalue weighted by Crippen LogP contribution is 2.24. The number of ether oxygens (including phenoxy) is 1. The van der Waals surface area contributed by atoms with E-state index in [4.69, 9.17) is 4.74 Å². The highest BCUT2D eigenvalue weighted by Gasteiger charge is 2.25. The van der Waals surface area contributed by atoms with Crippen LogP contribution in [-0.4, -0.2) is 48.6 Å². The van der Waals surface area contributed by atoms with Crippen LogP contribution in [-0.2, 0) is 4.74 Å². The van der Waals surface area contributed by atoms with Crippen molar-refractivity contribution in [3.05, 3.63) is 16.1 Å². The van der Waals surface area contributed by atoms with Gasteiger partial charge >= 0.3 is 0 Å². The number of likely N-dealkylation sites (tertiary alicyclic amines) is 1. The summed E-state index contributed by atoms with van der Waals surface area (Å²) in [6.45, 7) is 6.20. The Morgan fingerprint density at radius 3 is 2.95 bits per heavy atom. The van der Waals surface area contributed by atoms with Gasteiger partial charge in [0.15, 0.2) is 0 Å². The number of hydrogen-bond donors (Lipinski definition) is 1. The van der Waals surface area contributed by atoms with Crippen LogP contribution < -0.4 is 5.32 Å². The molecule has 0 bridgehead atoms. The van der Waals surface area contributed by atoms with Crippen molar-refractivity contribution in [1.29, 1.82) is 0 Å². The predicted octanol–water partition coefficient (Wildman–Crippen LogP) is 2.91. The molecule has 0 saturated carbocycles. The number of amides is 1. The van der Waals surface area contributed by atoms with Gasteiger partial charge < -0.3 is 15.0 Å². The quantitative estimate of drug-likeness (QED) is 0.866. The van der Waals surface area contributed by atoms with Crippen molar-refractivity contribution >= 4 is 42.1 Å². The lowest BCUT2D eigenvalue weighted by Gasteiger charge is -2.32. The van der Waals surface area contributed by atoms with Gasteiger partial charge in [0.25, 0.3) is 5.91 Å². The Bertz CT molecular complexity index is 459. The van der Waals surface area contributed by atoms with Crippen LogP contribution in [0.1, 0.15) is 47.5 Å². The molecule has 128 valence electrons. The molecular weight excluding hydrogens is 345 g/mol. The summed E-state index contributed by atoms with van der Waals surface area (Å²) in [4.78, 5) is 19.4. The second-order valence-electron chi connectivity index (χ2n) is 5.04. The van der Waals surface area contributed by atoms with Gasteiger partial charge in [0.2, 0.25) is 0 Å². The molecule has 2 atom stereocenters. The number of aromatic nitrogens is 1. The van der Waals surface area contributed by atoms with E-state index in [0.29, 0.717) is 17.5 Å². The lowest BCUT2D eigenvalue weighted by atomic mass is 10.1. The molecule has 1 aromatic heterocycles. The first kappa shape index (κ1) is 21.6. The molecule has 1 N–H and O–H groups in total. The van der Waals surface area contributed by atoms with Gasteiger partial charge in [0, 0.05) is 25.7 Å². The van der Waals surface area contributed by atoms with Crippen LogP contribution in [0.4, 0.5) is 0 Å². The average Bonchev–Trinajstić information content (AvgIpc) is 2.96. The fraction of sp³-hybridized carbons (Fsp3) is 0.714. The summed E-state index contributed by atoms with van der Waals surface area (Å²) in [6, 6.07) is 0.405. The van der Waals surface area contributed by atoms with E-state index < -0.39 is 0 Å². The molecule has 0 spiro atoms. The zero-order valence-corrected chi connectivity index (χ0v) is 15.7. The maximum Gasteiger partial charge on any atom is 0.265 e. The molecule has 8 heteroatoms. The van der Waals surface area contributed by atoms with Crippen LogP contribution in [0.5, 0.6) is 0 Å². The number of rotatable bonds is 5. The third-order valence-electron chi connectivity index (χ3n) is 3.62. The zero-order valence-electron chi connectivity index (χ0n) is 13.2. The van der Waals surface area contributed by atoms with Crippen LogP contribution in [0.2, 0.25) is 0 Å². The Balaban J connectivity index is 0.00000220.